The largest absolute Gasteiger partial charge is 0.491 e. The molecule has 2 heterocycles. The number of nitrogens with zero attached hydrogens (tertiary/aromatic N) is 1. The molecule has 1 aromatic heterocycles. The Morgan fingerprint density at radius 3 is 3.20 bits per heavy atom. The highest BCUT2D eigenvalue weighted by Gasteiger charge is 2.19. The monoisotopic (exact) mass is 201 g/mol. The van der Waals surface area contributed by atoms with Crippen LogP contribution in [0.15, 0.2) is 30.5 Å². The number of ether oxygens (including phenoxy) is 1. The SMILES string of the molecule is OC1COc2ccc3ncccc3c2C1. The van der Waals surface area contributed by atoms with Crippen LogP contribution >= 0.6 is 0 Å². The zero-order chi connectivity index (χ0) is 10.3. The summed E-state index contributed by atoms with van der Waals surface area (Å²) in [6.07, 6.45) is 2.02. The Kier molecular flexibility index (Phi) is 1.86. The maximum Gasteiger partial charge on any atom is 0.123 e. The van der Waals surface area contributed by atoms with Crippen LogP contribution in [-0.4, -0.2) is 22.8 Å². The van der Waals surface area contributed by atoms with Crippen LogP contribution in [0.4, 0.5) is 0 Å². The predicted molar refractivity (Wildman–Crippen MR) is 56.9 cm³/mol. The lowest BCUT2D eigenvalue weighted by Crippen LogP contribution is -2.25. The van der Waals surface area contributed by atoms with Gasteiger partial charge < -0.3 is 9.84 Å². The molecule has 1 N–H and O–H groups in total. The fourth-order valence-corrected chi connectivity index (χ4v) is 2.02. The number of fused-ring (bicyclic) bond motifs is 3. The molecule has 0 saturated heterocycles. The highest BCUT2D eigenvalue weighted by Crippen LogP contribution is 2.30. The molecule has 0 radical (unpaired) electrons. The second-order valence-corrected chi connectivity index (χ2v) is 3.78. The van der Waals surface area contributed by atoms with Crippen molar-refractivity contribution in [2.24, 2.45) is 0 Å². The molecule has 1 aromatic carbocycles. The molecule has 2 aromatic rings. The molecular formula is C12H11NO2. The summed E-state index contributed by atoms with van der Waals surface area (Å²) in [6.45, 7) is 0.388. The van der Waals surface area contributed by atoms with E-state index in [1.165, 1.54) is 0 Å². The third-order valence-corrected chi connectivity index (χ3v) is 2.72. The van der Waals surface area contributed by atoms with Crippen LogP contribution in [0.3, 0.4) is 0 Å². The molecule has 15 heavy (non-hydrogen) atoms. The minimum Gasteiger partial charge on any atom is -0.491 e. The van der Waals surface area contributed by atoms with Crippen LogP contribution in [0.2, 0.25) is 0 Å². The Morgan fingerprint density at radius 2 is 2.27 bits per heavy atom. The lowest BCUT2D eigenvalue weighted by molar-refractivity contribution is 0.0927. The lowest BCUT2D eigenvalue weighted by atomic mass is 9.99. The van der Waals surface area contributed by atoms with E-state index in [9.17, 15) is 5.11 Å². The van der Waals surface area contributed by atoms with Crippen LogP contribution in [0.5, 0.6) is 5.75 Å². The van der Waals surface area contributed by atoms with Gasteiger partial charge in [0.15, 0.2) is 0 Å². The minimum atomic E-state index is -0.400. The van der Waals surface area contributed by atoms with Gasteiger partial charge in [-0.3, -0.25) is 4.98 Å². The topological polar surface area (TPSA) is 42.4 Å². The number of aliphatic hydroxyl groups is 1. The summed E-state index contributed by atoms with van der Waals surface area (Å²) in [5.41, 5.74) is 2.02. The number of aromatic nitrogens is 1. The highest BCUT2D eigenvalue weighted by molar-refractivity contribution is 5.84. The molecule has 1 aliphatic heterocycles. The van der Waals surface area contributed by atoms with Gasteiger partial charge in [0, 0.05) is 23.6 Å². The third kappa shape index (κ3) is 1.36. The van der Waals surface area contributed by atoms with E-state index in [1.807, 2.05) is 24.3 Å². The summed E-state index contributed by atoms with van der Waals surface area (Å²) in [4.78, 5) is 4.28. The summed E-state index contributed by atoms with van der Waals surface area (Å²) >= 11 is 0. The van der Waals surface area contributed by atoms with E-state index in [0.717, 1.165) is 22.2 Å². The van der Waals surface area contributed by atoms with E-state index in [1.54, 1.807) is 6.20 Å². The fraction of sp³-hybridized carbons (Fsp3) is 0.250. The van der Waals surface area contributed by atoms with Crippen molar-refractivity contribution in [2.75, 3.05) is 6.61 Å². The number of pyridine rings is 1. The second kappa shape index (κ2) is 3.21. The van der Waals surface area contributed by atoms with Crippen molar-refractivity contribution in [3.05, 3.63) is 36.0 Å². The normalized spacial score (nSPS) is 19.7. The molecular weight excluding hydrogens is 190 g/mol. The van der Waals surface area contributed by atoms with Gasteiger partial charge in [-0.05, 0) is 18.2 Å². The zero-order valence-corrected chi connectivity index (χ0v) is 8.18. The maximum absolute atomic E-state index is 9.57. The molecule has 3 heteroatoms. The van der Waals surface area contributed by atoms with Gasteiger partial charge in [0.05, 0.1) is 11.6 Å². The highest BCUT2D eigenvalue weighted by atomic mass is 16.5. The summed E-state index contributed by atoms with van der Waals surface area (Å²) in [5, 5.41) is 10.6. The van der Waals surface area contributed by atoms with Gasteiger partial charge in [-0.15, -0.1) is 0 Å². The summed E-state index contributed by atoms with van der Waals surface area (Å²) in [6, 6.07) is 7.80. The first-order chi connectivity index (χ1) is 7.34. The fourth-order valence-electron chi connectivity index (χ4n) is 2.02. The molecule has 3 rings (SSSR count). The van der Waals surface area contributed by atoms with Gasteiger partial charge in [0.2, 0.25) is 0 Å². The van der Waals surface area contributed by atoms with E-state index in [0.29, 0.717) is 13.0 Å². The van der Waals surface area contributed by atoms with Gasteiger partial charge in [0.25, 0.3) is 0 Å². The molecule has 0 bridgehead atoms. The molecule has 0 amide bonds. The first-order valence-electron chi connectivity index (χ1n) is 5.02. The third-order valence-electron chi connectivity index (χ3n) is 2.72. The Bertz CT molecular complexity index is 510. The number of hydrogen-bond donors (Lipinski definition) is 1. The maximum atomic E-state index is 9.57. The standard InChI is InChI=1S/C12H11NO2/c14-8-6-10-9-2-1-5-13-11(9)3-4-12(10)15-7-8/h1-5,8,14H,6-7H2. The number of aliphatic hydroxyl groups excluding tert-OH is 1. The van der Waals surface area contributed by atoms with Crippen molar-refractivity contribution in [2.45, 2.75) is 12.5 Å². The molecule has 1 unspecified atom stereocenters. The first-order valence-corrected chi connectivity index (χ1v) is 5.02. The summed E-state index contributed by atoms with van der Waals surface area (Å²) in [7, 11) is 0. The lowest BCUT2D eigenvalue weighted by Gasteiger charge is -2.22. The first kappa shape index (κ1) is 8.68. The van der Waals surface area contributed by atoms with Crippen molar-refractivity contribution in [1.82, 2.24) is 4.98 Å². The van der Waals surface area contributed by atoms with E-state index >= 15 is 0 Å². The summed E-state index contributed by atoms with van der Waals surface area (Å²) in [5.74, 6) is 0.876. The molecule has 1 atom stereocenters. The molecule has 0 aliphatic carbocycles. The average Bonchev–Trinajstić information content (AvgIpc) is 2.29. The number of rotatable bonds is 0. The summed E-state index contributed by atoms with van der Waals surface area (Å²) < 4.78 is 5.47. The van der Waals surface area contributed by atoms with E-state index in [-0.39, 0.29) is 0 Å². The van der Waals surface area contributed by atoms with Crippen molar-refractivity contribution in [3.63, 3.8) is 0 Å². The molecule has 76 valence electrons. The molecule has 3 nitrogen and oxygen atoms in total. The van der Waals surface area contributed by atoms with Crippen LogP contribution in [0, 0.1) is 0 Å². The number of hydrogen-bond acceptors (Lipinski definition) is 3. The molecule has 0 spiro atoms. The smallest absolute Gasteiger partial charge is 0.123 e. The van der Waals surface area contributed by atoms with E-state index in [2.05, 4.69) is 4.98 Å². The number of benzene rings is 1. The van der Waals surface area contributed by atoms with Crippen molar-refractivity contribution in [1.29, 1.82) is 0 Å². The van der Waals surface area contributed by atoms with Gasteiger partial charge in [-0.1, -0.05) is 6.07 Å². The van der Waals surface area contributed by atoms with Gasteiger partial charge in [-0.25, -0.2) is 0 Å². The van der Waals surface area contributed by atoms with E-state index < -0.39 is 6.10 Å². The van der Waals surface area contributed by atoms with Crippen LogP contribution in [0.25, 0.3) is 10.9 Å². The Hall–Kier alpha value is -1.61. The predicted octanol–water partition coefficient (Wildman–Crippen LogP) is 1.53. The minimum absolute atomic E-state index is 0.388. The van der Waals surface area contributed by atoms with Crippen LogP contribution in [0.1, 0.15) is 5.56 Å². The van der Waals surface area contributed by atoms with Gasteiger partial charge >= 0.3 is 0 Å². The van der Waals surface area contributed by atoms with Gasteiger partial charge in [-0.2, -0.15) is 0 Å². The Labute approximate surface area is 87.3 Å². The van der Waals surface area contributed by atoms with Crippen LogP contribution in [-0.2, 0) is 6.42 Å². The van der Waals surface area contributed by atoms with Crippen LogP contribution < -0.4 is 4.74 Å². The second-order valence-electron chi connectivity index (χ2n) is 3.78. The van der Waals surface area contributed by atoms with Crippen molar-refractivity contribution >= 4 is 10.9 Å². The average molecular weight is 201 g/mol. The molecule has 1 aliphatic rings. The molecule has 0 fully saturated rings. The van der Waals surface area contributed by atoms with Crippen molar-refractivity contribution < 1.29 is 9.84 Å². The van der Waals surface area contributed by atoms with Gasteiger partial charge in [0.1, 0.15) is 12.4 Å². The zero-order valence-electron chi connectivity index (χ0n) is 8.18. The molecule has 0 saturated carbocycles. The van der Waals surface area contributed by atoms with Crippen molar-refractivity contribution in [3.8, 4) is 5.75 Å². The Balaban J connectivity index is 2.28. The quantitative estimate of drug-likeness (QED) is 0.702. The Morgan fingerprint density at radius 1 is 1.33 bits per heavy atom. The van der Waals surface area contributed by atoms with E-state index in [4.69, 9.17) is 4.74 Å².